The molecule has 1 aromatic carbocycles. The Balaban J connectivity index is 1.84. The second-order valence-electron chi connectivity index (χ2n) is 4.28. The first-order valence-corrected chi connectivity index (χ1v) is 6.48. The number of rotatable bonds is 6. The second-order valence-corrected chi connectivity index (χ2v) is 4.28. The van der Waals surface area contributed by atoms with Crippen molar-refractivity contribution in [2.75, 3.05) is 13.7 Å². The van der Waals surface area contributed by atoms with Crippen LogP contribution in [0.4, 0.5) is 0 Å². The Hall–Kier alpha value is -2.81. The molecule has 0 atom stereocenters. The number of hydrogen-bond acceptors (Lipinski definition) is 5. The van der Waals surface area contributed by atoms with Gasteiger partial charge in [0, 0.05) is 25.1 Å². The number of nitriles is 1. The van der Waals surface area contributed by atoms with Gasteiger partial charge in [0.25, 0.3) is 5.56 Å². The van der Waals surface area contributed by atoms with Crippen molar-refractivity contribution in [3.63, 3.8) is 0 Å². The average molecular weight is 285 g/mol. The van der Waals surface area contributed by atoms with Gasteiger partial charge in [-0.2, -0.15) is 5.26 Å². The molecule has 0 amide bonds. The Bertz CT molecular complexity index is 687. The third kappa shape index (κ3) is 4.08. The van der Waals surface area contributed by atoms with Crippen LogP contribution in [0.3, 0.4) is 0 Å². The Morgan fingerprint density at radius 1 is 1.24 bits per heavy atom. The van der Waals surface area contributed by atoms with Gasteiger partial charge in [0.1, 0.15) is 5.75 Å². The van der Waals surface area contributed by atoms with Crippen LogP contribution in [0.5, 0.6) is 11.6 Å². The average Bonchev–Trinajstić information content (AvgIpc) is 2.53. The smallest absolute Gasteiger partial charge is 0.266 e. The Morgan fingerprint density at radius 2 is 2.00 bits per heavy atom. The highest BCUT2D eigenvalue weighted by Gasteiger charge is 2.01. The van der Waals surface area contributed by atoms with Crippen LogP contribution in [0.25, 0.3) is 0 Å². The van der Waals surface area contributed by atoms with Crippen LogP contribution < -0.4 is 15.0 Å². The molecule has 0 N–H and O–H groups in total. The molecule has 1 aromatic heterocycles. The topological polar surface area (TPSA) is 77.1 Å². The van der Waals surface area contributed by atoms with Crippen molar-refractivity contribution < 1.29 is 9.47 Å². The normalized spacial score (nSPS) is 9.90. The second kappa shape index (κ2) is 7.10. The van der Waals surface area contributed by atoms with Gasteiger partial charge in [-0.25, -0.2) is 4.68 Å². The molecule has 0 aliphatic heterocycles. The molecule has 6 heteroatoms. The molecule has 0 bridgehead atoms. The highest BCUT2D eigenvalue weighted by atomic mass is 16.5. The Morgan fingerprint density at radius 3 is 2.67 bits per heavy atom. The highest BCUT2D eigenvalue weighted by molar-refractivity contribution is 5.34. The summed E-state index contributed by atoms with van der Waals surface area (Å²) in [5.41, 5.74) is 0.420. The summed E-state index contributed by atoms with van der Waals surface area (Å²) in [6.07, 6.45) is 0.639. The lowest BCUT2D eigenvalue weighted by atomic mass is 10.2. The molecule has 0 radical (unpaired) electrons. The minimum Gasteiger partial charge on any atom is -0.494 e. The largest absolute Gasteiger partial charge is 0.494 e. The fourth-order valence-electron chi connectivity index (χ4n) is 1.73. The molecule has 2 rings (SSSR count). The molecule has 0 spiro atoms. The summed E-state index contributed by atoms with van der Waals surface area (Å²) in [6, 6.07) is 11.9. The maximum Gasteiger partial charge on any atom is 0.266 e. The minimum atomic E-state index is -0.172. The Labute approximate surface area is 122 Å². The number of ether oxygens (including phenoxy) is 2. The molecule has 21 heavy (non-hydrogen) atoms. The van der Waals surface area contributed by atoms with Gasteiger partial charge in [0.05, 0.1) is 25.3 Å². The lowest BCUT2D eigenvalue weighted by Gasteiger charge is -2.08. The van der Waals surface area contributed by atoms with Gasteiger partial charge in [0.2, 0.25) is 5.88 Å². The van der Waals surface area contributed by atoms with E-state index in [1.165, 1.54) is 23.9 Å². The van der Waals surface area contributed by atoms with Gasteiger partial charge in [-0.15, -0.1) is 5.10 Å². The number of hydrogen-bond donors (Lipinski definition) is 0. The van der Waals surface area contributed by atoms with E-state index in [0.29, 0.717) is 36.8 Å². The van der Waals surface area contributed by atoms with E-state index in [-0.39, 0.29) is 5.56 Å². The summed E-state index contributed by atoms with van der Waals surface area (Å²) < 4.78 is 11.9. The molecular formula is C15H15N3O3. The number of nitrogens with zero attached hydrogens (tertiary/aromatic N) is 3. The van der Waals surface area contributed by atoms with Gasteiger partial charge in [-0.05, 0) is 24.3 Å². The highest BCUT2D eigenvalue weighted by Crippen LogP contribution is 2.11. The number of methoxy groups -OCH3 is 1. The first-order chi connectivity index (χ1) is 10.2. The van der Waals surface area contributed by atoms with Crippen LogP contribution in [-0.4, -0.2) is 23.5 Å². The van der Waals surface area contributed by atoms with Crippen LogP contribution in [0.1, 0.15) is 12.0 Å². The maximum absolute atomic E-state index is 11.6. The summed E-state index contributed by atoms with van der Waals surface area (Å²) in [6.45, 7) is 0.906. The van der Waals surface area contributed by atoms with E-state index in [2.05, 4.69) is 5.10 Å². The fraction of sp³-hybridized carbons (Fsp3) is 0.267. The van der Waals surface area contributed by atoms with Crippen molar-refractivity contribution in [2.24, 2.45) is 0 Å². The molecule has 2 aromatic rings. The summed E-state index contributed by atoms with van der Waals surface area (Å²) in [5.74, 6) is 1.10. The minimum absolute atomic E-state index is 0.172. The lowest BCUT2D eigenvalue weighted by molar-refractivity contribution is 0.293. The van der Waals surface area contributed by atoms with Gasteiger partial charge < -0.3 is 9.47 Å². The molecular weight excluding hydrogens is 270 g/mol. The van der Waals surface area contributed by atoms with E-state index in [9.17, 15) is 4.79 Å². The van der Waals surface area contributed by atoms with E-state index < -0.39 is 0 Å². The van der Waals surface area contributed by atoms with E-state index >= 15 is 0 Å². The first kappa shape index (κ1) is 14.6. The third-order valence-corrected chi connectivity index (χ3v) is 2.82. The maximum atomic E-state index is 11.6. The van der Waals surface area contributed by atoms with Crippen molar-refractivity contribution >= 4 is 0 Å². The quantitative estimate of drug-likeness (QED) is 0.753. The van der Waals surface area contributed by atoms with Crippen LogP contribution in [-0.2, 0) is 6.54 Å². The number of aryl methyl sites for hydroxylation is 1. The van der Waals surface area contributed by atoms with E-state index in [0.717, 1.165) is 0 Å². The van der Waals surface area contributed by atoms with Crippen molar-refractivity contribution in [1.29, 1.82) is 5.26 Å². The standard InChI is InChI=1S/C15H15N3O3/c1-20-14-7-8-15(19)18(17-14)9-2-10-21-13-5-3-12(11-16)4-6-13/h3-8H,2,9-10H2,1H3. The molecule has 0 saturated heterocycles. The molecule has 6 nitrogen and oxygen atoms in total. The van der Waals surface area contributed by atoms with Crippen molar-refractivity contribution in [3.05, 3.63) is 52.3 Å². The summed E-state index contributed by atoms with van der Waals surface area (Å²) >= 11 is 0. The molecule has 1 heterocycles. The monoisotopic (exact) mass is 285 g/mol. The fourth-order valence-corrected chi connectivity index (χ4v) is 1.73. The van der Waals surface area contributed by atoms with Gasteiger partial charge in [-0.1, -0.05) is 0 Å². The third-order valence-electron chi connectivity index (χ3n) is 2.82. The zero-order valence-corrected chi connectivity index (χ0v) is 11.7. The summed E-state index contributed by atoms with van der Waals surface area (Å²) in [5, 5.41) is 12.7. The van der Waals surface area contributed by atoms with E-state index in [4.69, 9.17) is 14.7 Å². The first-order valence-electron chi connectivity index (χ1n) is 6.48. The molecule has 0 unspecified atom stereocenters. The zero-order chi connectivity index (χ0) is 15.1. The van der Waals surface area contributed by atoms with Crippen LogP contribution in [0.15, 0.2) is 41.2 Å². The van der Waals surface area contributed by atoms with Crippen molar-refractivity contribution in [1.82, 2.24) is 9.78 Å². The van der Waals surface area contributed by atoms with Crippen molar-refractivity contribution in [3.8, 4) is 17.7 Å². The van der Waals surface area contributed by atoms with Crippen LogP contribution in [0, 0.1) is 11.3 Å². The van der Waals surface area contributed by atoms with E-state index in [1.54, 1.807) is 24.3 Å². The predicted molar refractivity (Wildman–Crippen MR) is 76.3 cm³/mol. The van der Waals surface area contributed by atoms with Gasteiger partial charge in [-0.3, -0.25) is 4.79 Å². The molecule has 108 valence electrons. The Kier molecular flexibility index (Phi) is 4.94. The molecule has 0 fully saturated rings. The predicted octanol–water partition coefficient (Wildman–Crippen LogP) is 1.59. The summed E-state index contributed by atoms with van der Waals surface area (Å²) in [7, 11) is 1.51. The molecule has 0 saturated carbocycles. The number of benzene rings is 1. The number of aromatic nitrogens is 2. The van der Waals surface area contributed by atoms with Crippen LogP contribution >= 0.6 is 0 Å². The van der Waals surface area contributed by atoms with Gasteiger partial charge in [0.15, 0.2) is 0 Å². The van der Waals surface area contributed by atoms with Crippen molar-refractivity contribution in [2.45, 2.75) is 13.0 Å². The van der Waals surface area contributed by atoms with Gasteiger partial charge >= 0.3 is 0 Å². The SMILES string of the molecule is COc1ccc(=O)n(CCCOc2ccc(C#N)cc2)n1. The molecule has 0 aliphatic carbocycles. The van der Waals surface area contributed by atoms with Crippen LogP contribution in [0.2, 0.25) is 0 Å². The van der Waals surface area contributed by atoms with E-state index in [1.807, 2.05) is 6.07 Å². The zero-order valence-electron chi connectivity index (χ0n) is 11.7. The summed E-state index contributed by atoms with van der Waals surface area (Å²) in [4.78, 5) is 11.6. The lowest BCUT2D eigenvalue weighted by Crippen LogP contribution is -2.23. The molecule has 0 aliphatic rings.